The third kappa shape index (κ3) is 4.41. The highest BCUT2D eigenvalue weighted by atomic mass is 16.5. The number of aryl methyl sites for hydroxylation is 2. The summed E-state index contributed by atoms with van der Waals surface area (Å²) >= 11 is 0. The Balaban J connectivity index is 1.65. The zero-order chi connectivity index (χ0) is 21.1. The lowest BCUT2D eigenvalue weighted by Crippen LogP contribution is -2.40. The fourth-order valence-corrected chi connectivity index (χ4v) is 4.44. The van der Waals surface area contributed by atoms with Crippen molar-refractivity contribution >= 4 is 11.6 Å². The van der Waals surface area contributed by atoms with Crippen molar-refractivity contribution in [1.82, 2.24) is 9.91 Å². The van der Waals surface area contributed by atoms with Gasteiger partial charge in [-0.05, 0) is 69.1 Å². The number of piperidine rings is 1. The molecule has 5 heteroatoms. The Bertz CT molecular complexity index is 947. The van der Waals surface area contributed by atoms with E-state index in [-0.39, 0.29) is 11.9 Å². The number of hydrazone groups is 1. The molecule has 2 aromatic rings. The number of likely N-dealkylation sites (tertiary alicyclic amines) is 1. The summed E-state index contributed by atoms with van der Waals surface area (Å²) < 4.78 is 5.43. The van der Waals surface area contributed by atoms with Crippen LogP contribution in [0.2, 0.25) is 0 Å². The average molecular weight is 406 g/mol. The fourth-order valence-electron chi connectivity index (χ4n) is 4.44. The quantitative estimate of drug-likeness (QED) is 0.737. The van der Waals surface area contributed by atoms with Crippen molar-refractivity contribution in [2.75, 3.05) is 26.7 Å². The zero-order valence-corrected chi connectivity index (χ0v) is 18.2. The summed E-state index contributed by atoms with van der Waals surface area (Å²) in [6, 6.07) is 14.3. The third-order valence-electron chi connectivity index (χ3n) is 6.16. The number of carbonyl (C=O) groups is 1. The van der Waals surface area contributed by atoms with Crippen molar-refractivity contribution in [3.63, 3.8) is 0 Å². The predicted molar refractivity (Wildman–Crippen MR) is 120 cm³/mol. The number of nitrogens with zero attached hydrogens (tertiary/aromatic N) is 3. The Labute approximate surface area is 179 Å². The highest BCUT2D eigenvalue weighted by molar-refractivity contribution is 6.04. The van der Waals surface area contributed by atoms with Gasteiger partial charge >= 0.3 is 0 Å². The number of hydrogen-bond acceptors (Lipinski definition) is 4. The van der Waals surface area contributed by atoms with Crippen LogP contribution in [0.4, 0.5) is 0 Å². The first kappa shape index (κ1) is 20.6. The van der Waals surface area contributed by atoms with Gasteiger partial charge in [-0.25, -0.2) is 5.01 Å². The summed E-state index contributed by atoms with van der Waals surface area (Å²) in [4.78, 5) is 15.6. The summed E-state index contributed by atoms with van der Waals surface area (Å²) in [5.41, 5.74) is 5.57. The number of methoxy groups -OCH3 is 1. The van der Waals surface area contributed by atoms with Crippen molar-refractivity contribution in [2.24, 2.45) is 5.10 Å². The van der Waals surface area contributed by atoms with Crippen LogP contribution < -0.4 is 4.74 Å². The number of ether oxygens (including phenoxy) is 1. The molecule has 0 aromatic heterocycles. The molecule has 4 rings (SSSR count). The molecule has 0 aliphatic carbocycles. The Hall–Kier alpha value is -2.66. The third-order valence-corrected chi connectivity index (χ3v) is 6.16. The first-order chi connectivity index (χ1) is 14.5. The lowest BCUT2D eigenvalue weighted by atomic mass is 9.95. The van der Waals surface area contributed by atoms with Crippen molar-refractivity contribution < 1.29 is 9.53 Å². The lowest BCUT2D eigenvalue weighted by molar-refractivity contribution is -0.134. The molecule has 158 valence electrons. The van der Waals surface area contributed by atoms with Gasteiger partial charge in [-0.2, -0.15) is 5.10 Å². The molecule has 0 N–H and O–H groups in total. The van der Waals surface area contributed by atoms with Gasteiger partial charge in [0.2, 0.25) is 0 Å². The first-order valence-corrected chi connectivity index (χ1v) is 10.9. The van der Waals surface area contributed by atoms with Crippen LogP contribution in [0.25, 0.3) is 0 Å². The first-order valence-electron chi connectivity index (χ1n) is 10.9. The van der Waals surface area contributed by atoms with E-state index in [1.54, 1.807) is 12.1 Å². The molecule has 0 bridgehead atoms. The van der Waals surface area contributed by atoms with Crippen LogP contribution in [-0.2, 0) is 4.79 Å². The van der Waals surface area contributed by atoms with Gasteiger partial charge in [0, 0.05) is 12.0 Å². The molecule has 0 radical (unpaired) electrons. The smallest absolute Gasteiger partial charge is 0.257 e. The van der Waals surface area contributed by atoms with Crippen molar-refractivity contribution in [3.05, 3.63) is 64.7 Å². The van der Waals surface area contributed by atoms with Crippen molar-refractivity contribution in [3.8, 4) is 5.75 Å². The van der Waals surface area contributed by atoms with E-state index in [4.69, 9.17) is 9.84 Å². The number of carbonyl (C=O) groups excluding carboxylic acids is 1. The maximum Gasteiger partial charge on any atom is 0.257 e. The van der Waals surface area contributed by atoms with E-state index in [1.807, 2.05) is 18.2 Å². The van der Waals surface area contributed by atoms with Gasteiger partial charge in [0.25, 0.3) is 5.91 Å². The van der Waals surface area contributed by atoms with E-state index >= 15 is 0 Å². The van der Waals surface area contributed by atoms with Crippen LogP contribution in [0.3, 0.4) is 0 Å². The molecule has 0 spiro atoms. The van der Waals surface area contributed by atoms with Gasteiger partial charge in [0.05, 0.1) is 25.4 Å². The molecule has 2 heterocycles. The highest BCUT2D eigenvalue weighted by Gasteiger charge is 2.34. The van der Waals surface area contributed by atoms with Gasteiger partial charge in [-0.1, -0.05) is 36.2 Å². The van der Waals surface area contributed by atoms with Gasteiger partial charge in [0.15, 0.2) is 0 Å². The Morgan fingerprint density at radius 2 is 1.90 bits per heavy atom. The average Bonchev–Trinajstić information content (AvgIpc) is 3.22. The minimum atomic E-state index is -0.104. The largest absolute Gasteiger partial charge is 0.497 e. The van der Waals surface area contributed by atoms with E-state index in [0.29, 0.717) is 13.0 Å². The summed E-state index contributed by atoms with van der Waals surface area (Å²) in [6.45, 7) is 6.63. The normalized spacial score (nSPS) is 19.6. The predicted octanol–water partition coefficient (Wildman–Crippen LogP) is 4.48. The molecule has 0 unspecified atom stereocenters. The van der Waals surface area contributed by atoms with E-state index in [0.717, 1.165) is 35.7 Å². The van der Waals surface area contributed by atoms with Crippen LogP contribution in [0.5, 0.6) is 5.75 Å². The molecule has 2 aliphatic heterocycles. The molecule has 2 aromatic carbocycles. The van der Waals surface area contributed by atoms with Crippen molar-refractivity contribution in [1.29, 1.82) is 0 Å². The number of hydrogen-bond donors (Lipinski definition) is 0. The van der Waals surface area contributed by atoms with Crippen LogP contribution in [0.15, 0.2) is 47.6 Å². The van der Waals surface area contributed by atoms with Gasteiger partial charge in [-0.15, -0.1) is 0 Å². The van der Waals surface area contributed by atoms with Crippen molar-refractivity contribution in [2.45, 2.75) is 45.6 Å². The van der Waals surface area contributed by atoms with Gasteiger partial charge in [0.1, 0.15) is 5.75 Å². The molecule has 2 aliphatic rings. The second-order valence-corrected chi connectivity index (χ2v) is 8.44. The van der Waals surface area contributed by atoms with E-state index in [9.17, 15) is 4.79 Å². The minimum Gasteiger partial charge on any atom is -0.497 e. The van der Waals surface area contributed by atoms with Gasteiger partial charge < -0.3 is 4.74 Å². The number of amides is 1. The summed E-state index contributed by atoms with van der Waals surface area (Å²) in [6.07, 6.45) is 4.31. The molecule has 1 amide bonds. The molecule has 30 heavy (non-hydrogen) atoms. The number of benzene rings is 2. The van der Waals surface area contributed by atoms with Crippen LogP contribution in [0, 0.1) is 13.8 Å². The molecule has 0 saturated carbocycles. The monoisotopic (exact) mass is 405 g/mol. The minimum absolute atomic E-state index is 0.0741. The maximum atomic E-state index is 13.3. The van der Waals surface area contributed by atoms with Crippen LogP contribution in [0.1, 0.15) is 54.0 Å². The Kier molecular flexibility index (Phi) is 6.18. The topological polar surface area (TPSA) is 45.1 Å². The van der Waals surface area contributed by atoms with E-state index in [2.05, 4.69) is 43.0 Å². The summed E-state index contributed by atoms with van der Waals surface area (Å²) in [5.74, 6) is 0.876. The summed E-state index contributed by atoms with van der Waals surface area (Å²) in [7, 11) is 1.67. The van der Waals surface area contributed by atoms with Crippen LogP contribution in [-0.4, -0.2) is 48.3 Å². The lowest BCUT2D eigenvalue weighted by Gasteiger charge is -2.29. The second-order valence-electron chi connectivity index (χ2n) is 8.44. The zero-order valence-electron chi connectivity index (χ0n) is 18.2. The molecule has 1 fully saturated rings. The molecule has 1 atom stereocenters. The molecule has 1 saturated heterocycles. The molecule has 5 nitrogen and oxygen atoms in total. The molecular formula is C25H31N3O2. The number of rotatable bonds is 5. The van der Waals surface area contributed by atoms with Gasteiger partial charge in [-0.3, -0.25) is 9.69 Å². The SMILES string of the molecule is COc1cccc([C@@H]2CC(c3cc(C)ccc3C)=NN2C(=O)CN2CCCCC2)c1. The summed E-state index contributed by atoms with van der Waals surface area (Å²) in [5, 5.41) is 6.59. The highest BCUT2D eigenvalue weighted by Crippen LogP contribution is 2.35. The van der Waals surface area contributed by atoms with Crippen LogP contribution >= 0.6 is 0 Å². The van der Waals surface area contributed by atoms with E-state index in [1.165, 1.54) is 30.4 Å². The molecular weight excluding hydrogens is 374 g/mol. The Morgan fingerprint density at radius 3 is 2.67 bits per heavy atom. The fraction of sp³-hybridized carbons (Fsp3) is 0.440. The standard InChI is InChI=1S/C25H31N3O2/c1-18-10-11-19(2)22(14-18)23-16-24(20-8-7-9-21(15-20)30-3)28(26-23)25(29)17-27-12-5-4-6-13-27/h7-11,14-15,24H,4-6,12-13,16-17H2,1-3H3/t24-/m0/s1. The Morgan fingerprint density at radius 1 is 1.10 bits per heavy atom. The second kappa shape index (κ2) is 9.00. The van der Waals surface area contributed by atoms with E-state index < -0.39 is 0 Å². The maximum absolute atomic E-state index is 13.3.